The Morgan fingerprint density at radius 2 is 1.78 bits per heavy atom. The molecule has 0 atom stereocenters. The highest BCUT2D eigenvalue weighted by molar-refractivity contribution is 6.10. The number of rotatable bonds is 3. The minimum Gasteiger partial charge on any atom is -0.495 e. The van der Waals surface area contributed by atoms with Gasteiger partial charge in [-0.2, -0.15) is 0 Å². The Bertz CT molecular complexity index is 577. The second kappa shape index (κ2) is 4.92. The van der Waals surface area contributed by atoms with Crippen molar-refractivity contribution in [3.8, 4) is 5.75 Å². The Labute approximate surface area is 106 Å². The summed E-state index contributed by atoms with van der Waals surface area (Å²) >= 11 is 0. The molecule has 0 aliphatic rings. The molecule has 92 valence electrons. The first-order valence-electron chi connectivity index (χ1n) is 5.68. The quantitative estimate of drug-likeness (QED) is 0.664. The highest BCUT2D eigenvalue weighted by atomic mass is 16.5. The zero-order valence-electron chi connectivity index (χ0n) is 10.4. The number of ketones is 1. The highest BCUT2D eigenvalue weighted by Gasteiger charge is 2.15. The average Bonchev–Trinajstić information content (AvgIpc) is 2.42. The topological polar surface area (TPSA) is 52.3 Å². The van der Waals surface area contributed by atoms with Crippen LogP contribution in [-0.4, -0.2) is 12.9 Å². The highest BCUT2D eigenvalue weighted by Crippen LogP contribution is 2.28. The van der Waals surface area contributed by atoms with E-state index in [9.17, 15) is 4.79 Å². The maximum absolute atomic E-state index is 12.3. The van der Waals surface area contributed by atoms with E-state index >= 15 is 0 Å². The summed E-state index contributed by atoms with van der Waals surface area (Å²) in [7, 11) is 1.56. The van der Waals surface area contributed by atoms with Crippen molar-refractivity contribution < 1.29 is 9.53 Å². The molecule has 2 aromatic rings. The first-order chi connectivity index (χ1) is 8.65. The minimum atomic E-state index is -0.0255. The van der Waals surface area contributed by atoms with Crippen LogP contribution < -0.4 is 10.5 Å². The molecule has 0 amide bonds. The van der Waals surface area contributed by atoms with Crippen molar-refractivity contribution in [2.24, 2.45) is 0 Å². The Kier molecular flexibility index (Phi) is 3.33. The van der Waals surface area contributed by atoms with Crippen LogP contribution in [-0.2, 0) is 0 Å². The summed E-state index contributed by atoms with van der Waals surface area (Å²) in [5.74, 6) is 0.569. The van der Waals surface area contributed by atoms with Crippen molar-refractivity contribution in [3.05, 3.63) is 59.2 Å². The monoisotopic (exact) mass is 241 g/mol. The maximum atomic E-state index is 12.3. The van der Waals surface area contributed by atoms with E-state index < -0.39 is 0 Å². The molecule has 18 heavy (non-hydrogen) atoms. The summed E-state index contributed by atoms with van der Waals surface area (Å²) < 4.78 is 5.13. The summed E-state index contributed by atoms with van der Waals surface area (Å²) in [4.78, 5) is 12.3. The average molecular weight is 241 g/mol. The first kappa shape index (κ1) is 12.2. The van der Waals surface area contributed by atoms with Crippen LogP contribution in [0.3, 0.4) is 0 Å². The summed E-state index contributed by atoms with van der Waals surface area (Å²) in [6.45, 7) is 1.83. The Morgan fingerprint density at radius 3 is 2.39 bits per heavy atom. The molecular weight excluding hydrogens is 226 g/mol. The number of carbonyl (C=O) groups is 1. The number of hydrogen-bond donors (Lipinski definition) is 1. The third kappa shape index (κ3) is 2.07. The Morgan fingerprint density at radius 1 is 1.11 bits per heavy atom. The zero-order chi connectivity index (χ0) is 13.1. The van der Waals surface area contributed by atoms with E-state index in [4.69, 9.17) is 10.5 Å². The fourth-order valence-corrected chi connectivity index (χ4v) is 1.87. The summed E-state index contributed by atoms with van der Waals surface area (Å²) in [6.07, 6.45) is 0. The summed E-state index contributed by atoms with van der Waals surface area (Å²) in [6, 6.07) is 12.6. The van der Waals surface area contributed by atoms with Crippen molar-refractivity contribution in [3.63, 3.8) is 0 Å². The van der Waals surface area contributed by atoms with Gasteiger partial charge >= 0.3 is 0 Å². The van der Waals surface area contributed by atoms with Gasteiger partial charge in [-0.1, -0.05) is 30.3 Å². The standard InChI is InChI=1S/C15H15NO2/c1-10-12(8-9-13(18-2)14(10)16)15(17)11-6-4-3-5-7-11/h3-9H,16H2,1-2H3. The van der Waals surface area contributed by atoms with Gasteiger partial charge in [-0.25, -0.2) is 0 Å². The van der Waals surface area contributed by atoms with E-state index in [-0.39, 0.29) is 5.78 Å². The van der Waals surface area contributed by atoms with Crippen molar-refractivity contribution in [2.75, 3.05) is 12.8 Å². The number of anilines is 1. The predicted octanol–water partition coefficient (Wildman–Crippen LogP) is 2.82. The van der Waals surface area contributed by atoms with Gasteiger partial charge in [0.25, 0.3) is 0 Å². The van der Waals surface area contributed by atoms with Gasteiger partial charge in [0.15, 0.2) is 5.78 Å². The SMILES string of the molecule is COc1ccc(C(=O)c2ccccc2)c(C)c1N. The molecule has 0 unspecified atom stereocenters. The normalized spacial score (nSPS) is 10.1. The lowest BCUT2D eigenvalue weighted by molar-refractivity contribution is 0.103. The lowest BCUT2D eigenvalue weighted by Gasteiger charge is -2.11. The van der Waals surface area contributed by atoms with Gasteiger partial charge in [0.1, 0.15) is 5.75 Å². The van der Waals surface area contributed by atoms with Gasteiger partial charge in [-0.05, 0) is 24.6 Å². The third-order valence-electron chi connectivity index (χ3n) is 2.98. The van der Waals surface area contributed by atoms with Gasteiger partial charge in [-0.3, -0.25) is 4.79 Å². The number of carbonyl (C=O) groups excluding carboxylic acids is 1. The fraction of sp³-hybridized carbons (Fsp3) is 0.133. The van der Waals surface area contributed by atoms with Gasteiger partial charge in [0.05, 0.1) is 12.8 Å². The van der Waals surface area contributed by atoms with Crippen molar-refractivity contribution in [1.82, 2.24) is 0 Å². The largest absolute Gasteiger partial charge is 0.495 e. The van der Waals surface area contributed by atoms with E-state index in [0.717, 1.165) is 5.56 Å². The molecule has 0 saturated carbocycles. The third-order valence-corrected chi connectivity index (χ3v) is 2.98. The van der Waals surface area contributed by atoms with Gasteiger partial charge in [0.2, 0.25) is 0 Å². The predicted molar refractivity (Wildman–Crippen MR) is 72.0 cm³/mol. The molecule has 0 aromatic heterocycles. The van der Waals surface area contributed by atoms with E-state index in [1.807, 2.05) is 25.1 Å². The number of nitrogen functional groups attached to an aromatic ring is 1. The molecule has 0 aliphatic carbocycles. The number of ether oxygens (including phenoxy) is 1. The van der Waals surface area contributed by atoms with E-state index in [0.29, 0.717) is 22.6 Å². The Hall–Kier alpha value is -2.29. The summed E-state index contributed by atoms with van der Waals surface area (Å²) in [5, 5.41) is 0. The number of methoxy groups -OCH3 is 1. The lowest BCUT2D eigenvalue weighted by atomic mass is 9.97. The van der Waals surface area contributed by atoms with Crippen LogP contribution in [0.4, 0.5) is 5.69 Å². The van der Waals surface area contributed by atoms with Crippen LogP contribution in [0.2, 0.25) is 0 Å². The molecule has 0 spiro atoms. The Balaban J connectivity index is 2.47. The van der Waals surface area contributed by atoms with Gasteiger partial charge in [0, 0.05) is 11.1 Å². The van der Waals surface area contributed by atoms with Crippen LogP contribution in [0.15, 0.2) is 42.5 Å². The number of hydrogen-bond acceptors (Lipinski definition) is 3. The van der Waals surface area contributed by atoms with Crippen molar-refractivity contribution in [1.29, 1.82) is 0 Å². The van der Waals surface area contributed by atoms with E-state index in [1.54, 1.807) is 31.4 Å². The van der Waals surface area contributed by atoms with Crippen LogP contribution in [0, 0.1) is 6.92 Å². The molecule has 0 aliphatic heterocycles. The van der Waals surface area contributed by atoms with Gasteiger partial charge in [-0.15, -0.1) is 0 Å². The molecule has 0 fully saturated rings. The van der Waals surface area contributed by atoms with Crippen molar-refractivity contribution in [2.45, 2.75) is 6.92 Å². The molecular formula is C15H15NO2. The van der Waals surface area contributed by atoms with Crippen LogP contribution in [0.25, 0.3) is 0 Å². The smallest absolute Gasteiger partial charge is 0.193 e. The molecule has 2 aromatic carbocycles. The minimum absolute atomic E-state index is 0.0255. The zero-order valence-corrected chi connectivity index (χ0v) is 10.4. The molecule has 2 rings (SSSR count). The second-order valence-corrected chi connectivity index (χ2v) is 4.05. The first-order valence-corrected chi connectivity index (χ1v) is 5.68. The second-order valence-electron chi connectivity index (χ2n) is 4.05. The summed E-state index contributed by atoms with van der Waals surface area (Å²) in [5.41, 5.74) is 8.47. The molecule has 2 N–H and O–H groups in total. The molecule has 3 nitrogen and oxygen atoms in total. The number of benzene rings is 2. The van der Waals surface area contributed by atoms with Crippen molar-refractivity contribution >= 4 is 11.5 Å². The molecule has 0 radical (unpaired) electrons. The van der Waals surface area contributed by atoms with Crippen LogP contribution >= 0.6 is 0 Å². The molecule has 3 heteroatoms. The van der Waals surface area contributed by atoms with E-state index in [2.05, 4.69) is 0 Å². The molecule has 0 saturated heterocycles. The van der Waals surface area contributed by atoms with Crippen LogP contribution in [0.5, 0.6) is 5.75 Å². The van der Waals surface area contributed by atoms with Gasteiger partial charge < -0.3 is 10.5 Å². The van der Waals surface area contributed by atoms with E-state index in [1.165, 1.54) is 0 Å². The van der Waals surface area contributed by atoms with Crippen LogP contribution in [0.1, 0.15) is 21.5 Å². The fourth-order valence-electron chi connectivity index (χ4n) is 1.87. The lowest BCUT2D eigenvalue weighted by Crippen LogP contribution is -2.06. The number of nitrogens with two attached hydrogens (primary N) is 1. The molecule has 0 bridgehead atoms. The maximum Gasteiger partial charge on any atom is 0.193 e. The molecule has 0 heterocycles.